The largest absolute Gasteiger partial charge is 0.497 e. The maximum Gasteiger partial charge on any atom is 0.410 e. The zero-order chi connectivity index (χ0) is 33.0. The first kappa shape index (κ1) is 34.6. The number of rotatable bonds is 13. The van der Waals surface area contributed by atoms with Gasteiger partial charge in [0.25, 0.3) is 11.8 Å². The predicted octanol–water partition coefficient (Wildman–Crippen LogP) is 4.85. The minimum absolute atomic E-state index is 0.0985. The van der Waals surface area contributed by atoms with Gasteiger partial charge in [-0.2, -0.15) is 5.26 Å². The summed E-state index contributed by atoms with van der Waals surface area (Å²) in [5, 5.41) is 26.8. The lowest BCUT2D eigenvalue weighted by Crippen LogP contribution is -2.51. The molecule has 0 aliphatic carbocycles. The molecule has 10 heteroatoms. The molecule has 0 radical (unpaired) electrons. The molecule has 0 bridgehead atoms. The summed E-state index contributed by atoms with van der Waals surface area (Å²) in [4.78, 5) is 41.0. The Morgan fingerprint density at radius 1 is 0.956 bits per heavy atom. The van der Waals surface area contributed by atoms with Crippen molar-refractivity contribution in [2.75, 3.05) is 20.2 Å². The number of amides is 3. The average Bonchev–Trinajstić information content (AvgIpc) is 3.02. The molecule has 0 fully saturated rings. The number of carbonyl (C=O) groups is 3. The molecule has 3 aromatic carbocycles. The van der Waals surface area contributed by atoms with Crippen LogP contribution in [0.3, 0.4) is 0 Å². The van der Waals surface area contributed by atoms with Gasteiger partial charge >= 0.3 is 6.09 Å². The first-order chi connectivity index (χ1) is 21.4. The number of methoxy groups -OCH3 is 1. The van der Waals surface area contributed by atoms with Crippen LogP contribution in [0.2, 0.25) is 0 Å². The third kappa shape index (κ3) is 11.0. The van der Waals surface area contributed by atoms with Crippen molar-refractivity contribution in [2.24, 2.45) is 0 Å². The molecule has 0 saturated carbocycles. The first-order valence-corrected chi connectivity index (χ1v) is 14.9. The summed E-state index contributed by atoms with van der Waals surface area (Å²) < 4.78 is 11.0. The molecule has 0 aromatic heterocycles. The van der Waals surface area contributed by atoms with Crippen molar-refractivity contribution in [3.05, 3.63) is 101 Å². The molecule has 3 rings (SSSR count). The first-order valence-electron chi connectivity index (χ1n) is 14.9. The van der Waals surface area contributed by atoms with Gasteiger partial charge in [0, 0.05) is 24.2 Å². The molecule has 3 amide bonds. The number of carbonyl (C=O) groups excluding carboxylic acids is 3. The number of benzene rings is 3. The Labute approximate surface area is 265 Å². The second-order valence-electron chi connectivity index (χ2n) is 11.7. The van der Waals surface area contributed by atoms with Crippen LogP contribution in [0.1, 0.15) is 71.5 Å². The van der Waals surface area contributed by atoms with Gasteiger partial charge in [0.15, 0.2) is 0 Å². The second kappa shape index (κ2) is 16.3. The summed E-state index contributed by atoms with van der Waals surface area (Å²) in [6.45, 7) is 7.61. The number of ether oxygens (including phenoxy) is 2. The lowest BCUT2D eigenvalue weighted by atomic mass is 9.99. The van der Waals surface area contributed by atoms with Crippen molar-refractivity contribution in [3.8, 4) is 11.8 Å². The minimum atomic E-state index is -1.22. The van der Waals surface area contributed by atoms with E-state index in [9.17, 15) is 24.8 Å². The van der Waals surface area contributed by atoms with Crippen LogP contribution < -0.4 is 15.4 Å². The number of aliphatic hydroxyl groups is 1. The van der Waals surface area contributed by atoms with Crippen LogP contribution in [0.25, 0.3) is 0 Å². The number of nitriles is 1. The number of hydrogen-bond acceptors (Lipinski definition) is 7. The predicted molar refractivity (Wildman–Crippen MR) is 171 cm³/mol. The van der Waals surface area contributed by atoms with Crippen LogP contribution in [0.15, 0.2) is 72.8 Å². The van der Waals surface area contributed by atoms with E-state index in [-0.39, 0.29) is 36.2 Å². The number of nitrogens with one attached hydrogen (secondary N) is 2. The Balaban J connectivity index is 1.92. The molecule has 3 aromatic rings. The van der Waals surface area contributed by atoms with Gasteiger partial charge in [-0.15, -0.1) is 0 Å². The maximum absolute atomic E-state index is 13.6. The van der Waals surface area contributed by atoms with E-state index >= 15 is 0 Å². The molecule has 0 spiro atoms. The maximum atomic E-state index is 13.6. The topological polar surface area (TPSA) is 141 Å². The lowest BCUT2D eigenvalue weighted by Gasteiger charge is -2.32. The van der Waals surface area contributed by atoms with E-state index in [0.717, 1.165) is 17.5 Å². The highest BCUT2D eigenvalue weighted by atomic mass is 16.6. The fourth-order valence-electron chi connectivity index (χ4n) is 4.57. The molecule has 0 unspecified atom stereocenters. The molecule has 10 nitrogen and oxygen atoms in total. The average molecular weight is 615 g/mol. The van der Waals surface area contributed by atoms with Crippen molar-refractivity contribution in [3.63, 3.8) is 0 Å². The van der Waals surface area contributed by atoms with Crippen LogP contribution >= 0.6 is 0 Å². The smallest absolute Gasteiger partial charge is 0.410 e. The molecule has 3 N–H and O–H groups in total. The van der Waals surface area contributed by atoms with E-state index in [1.54, 1.807) is 40.0 Å². The summed E-state index contributed by atoms with van der Waals surface area (Å²) in [6, 6.07) is 22.0. The molecule has 0 aliphatic rings. The Kier molecular flexibility index (Phi) is 12.5. The van der Waals surface area contributed by atoms with Crippen molar-refractivity contribution in [1.82, 2.24) is 15.5 Å². The molecule has 2 atom stereocenters. The molecular weight excluding hydrogens is 572 g/mol. The summed E-state index contributed by atoms with van der Waals surface area (Å²) in [5.41, 5.74) is 1.27. The second-order valence-corrected chi connectivity index (χ2v) is 11.7. The van der Waals surface area contributed by atoms with Gasteiger partial charge in [0.1, 0.15) is 11.4 Å². The van der Waals surface area contributed by atoms with Gasteiger partial charge < -0.3 is 30.1 Å². The van der Waals surface area contributed by atoms with Crippen molar-refractivity contribution in [2.45, 2.75) is 64.8 Å². The molecule has 238 valence electrons. The van der Waals surface area contributed by atoms with Crippen LogP contribution in [0, 0.1) is 11.3 Å². The third-order valence-corrected chi connectivity index (χ3v) is 6.77. The Morgan fingerprint density at radius 2 is 1.62 bits per heavy atom. The number of aliphatic hydroxyl groups excluding tert-OH is 1. The van der Waals surface area contributed by atoms with Gasteiger partial charge in [0.2, 0.25) is 0 Å². The Morgan fingerprint density at radius 3 is 2.24 bits per heavy atom. The van der Waals surface area contributed by atoms with Crippen molar-refractivity contribution >= 4 is 17.9 Å². The quantitative estimate of drug-likeness (QED) is 0.250. The molecule has 0 saturated heterocycles. The Hall–Kier alpha value is -4.88. The van der Waals surface area contributed by atoms with E-state index in [1.165, 1.54) is 23.1 Å². The highest BCUT2D eigenvalue weighted by Crippen LogP contribution is 2.19. The zero-order valence-corrected chi connectivity index (χ0v) is 26.5. The van der Waals surface area contributed by atoms with Gasteiger partial charge in [0.05, 0.1) is 37.4 Å². The molecular formula is C35H42N4O6. The van der Waals surface area contributed by atoms with Crippen molar-refractivity contribution in [1.29, 1.82) is 5.26 Å². The fourth-order valence-corrected chi connectivity index (χ4v) is 4.57. The van der Waals surface area contributed by atoms with Crippen LogP contribution in [0.5, 0.6) is 5.75 Å². The van der Waals surface area contributed by atoms with Crippen molar-refractivity contribution < 1.29 is 29.0 Å². The zero-order valence-electron chi connectivity index (χ0n) is 26.5. The third-order valence-electron chi connectivity index (χ3n) is 6.77. The van der Waals surface area contributed by atoms with E-state index in [2.05, 4.69) is 10.6 Å². The van der Waals surface area contributed by atoms with Gasteiger partial charge in [-0.1, -0.05) is 49.4 Å². The molecule has 0 heterocycles. The highest BCUT2D eigenvalue weighted by Gasteiger charge is 2.29. The van der Waals surface area contributed by atoms with E-state index < -0.39 is 35.7 Å². The number of hydrogen-bond donors (Lipinski definition) is 3. The molecule has 45 heavy (non-hydrogen) atoms. The fraction of sp³-hybridized carbons (Fsp3) is 0.371. The molecule has 0 aliphatic heterocycles. The monoisotopic (exact) mass is 614 g/mol. The normalized spacial score (nSPS) is 12.3. The van der Waals surface area contributed by atoms with E-state index in [4.69, 9.17) is 9.47 Å². The van der Waals surface area contributed by atoms with Crippen LogP contribution in [-0.2, 0) is 17.7 Å². The van der Waals surface area contributed by atoms with Gasteiger partial charge in [-0.3, -0.25) is 9.59 Å². The number of nitrogens with zero attached hydrogens (tertiary/aromatic N) is 2. The standard InChI is InChI=1S/C35H42N4O6/c1-6-15-37-32(41)27-16-26(21-36)17-28(20-27)33(42)38-30(19-24-11-8-7-9-12-24)31(40)23-39(34(43)45-35(2,3)4)22-25-13-10-14-29(18-25)44-5/h7-14,16-18,20,30-31,40H,6,15,19,22-23H2,1-5H3,(H,37,41)(H,38,42)/t30-,31+/m0/s1. The van der Waals surface area contributed by atoms with Gasteiger partial charge in [-0.25, -0.2) is 4.79 Å². The summed E-state index contributed by atoms with van der Waals surface area (Å²) in [6.07, 6.45) is -0.872. The van der Waals surface area contributed by atoms with E-state index in [1.807, 2.05) is 55.5 Å². The SMILES string of the molecule is CCCNC(=O)c1cc(C#N)cc(C(=O)N[C@@H](Cc2ccccc2)[C@H](O)CN(Cc2cccc(OC)c2)C(=O)OC(C)(C)C)c1. The summed E-state index contributed by atoms with van der Waals surface area (Å²) in [5.74, 6) is -0.351. The summed E-state index contributed by atoms with van der Waals surface area (Å²) >= 11 is 0. The highest BCUT2D eigenvalue weighted by molar-refractivity contribution is 6.00. The minimum Gasteiger partial charge on any atom is -0.497 e. The van der Waals surface area contributed by atoms with Crippen LogP contribution in [0.4, 0.5) is 4.79 Å². The Bertz CT molecular complexity index is 1500. The van der Waals surface area contributed by atoms with Crippen LogP contribution in [-0.4, -0.2) is 65.9 Å². The lowest BCUT2D eigenvalue weighted by molar-refractivity contribution is 0.00836. The summed E-state index contributed by atoms with van der Waals surface area (Å²) in [7, 11) is 1.55. The van der Waals surface area contributed by atoms with Gasteiger partial charge in [-0.05, 0) is 75.1 Å². The van der Waals surface area contributed by atoms with E-state index in [0.29, 0.717) is 12.3 Å².